The first-order valence-corrected chi connectivity index (χ1v) is 12.0. The number of aliphatic imine (C=N–C) groups is 1. The number of hydrogen-bond acceptors (Lipinski definition) is 6. The van der Waals surface area contributed by atoms with Crippen LogP contribution in [0.3, 0.4) is 0 Å². The van der Waals surface area contributed by atoms with Crippen LogP contribution in [0.5, 0.6) is 5.75 Å². The zero-order valence-corrected chi connectivity index (χ0v) is 21.6. The molecular weight excluding hydrogens is 458 g/mol. The zero-order valence-electron chi connectivity index (χ0n) is 21.6. The van der Waals surface area contributed by atoms with E-state index in [1.165, 1.54) is 16.8 Å². The molecule has 4 rings (SSSR count). The largest absolute Gasteiger partial charge is 0.497 e. The van der Waals surface area contributed by atoms with Crippen molar-refractivity contribution >= 4 is 11.4 Å². The maximum absolute atomic E-state index is 13.7. The minimum Gasteiger partial charge on any atom is -0.497 e. The Morgan fingerprint density at radius 1 is 1.06 bits per heavy atom. The van der Waals surface area contributed by atoms with E-state index in [2.05, 4.69) is 38.1 Å². The van der Waals surface area contributed by atoms with Crippen LogP contribution in [0.2, 0.25) is 0 Å². The molecule has 1 aliphatic heterocycles. The van der Waals surface area contributed by atoms with Gasteiger partial charge in [-0.05, 0) is 83.9 Å². The van der Waals surface area contributed by atoms with Crippen molar-refractivity contribution in [3.63, 3.8) is 0 Å². The van der Waals surface area contributed by atoms with Crippen LogP contribution < -0.4 is 15.6 Å². The molecule has 1 aliphatic rings. The summed E-state index contributed by atoms with van der Waals surface area (Å²) >= 11 is 0. The van der Waals surface area contributed by atoms with E-state index >= 15 is 0 Å². The van der Waals surface area contributed by atoms with Crippen molar-refractivity contribution in [1.82, 2.24) is 15.1 Å². The van der Waals surface area contributed by atoms with Crippen LogP contribution in [0.4, 0.5) is 5.69 Å². The number of nitrogens with zero attached hydrogens (tertiary/aromatic N) is 3. The van der Waals surface area contributed by atoms with E-state index in [0.29, 0.717) is 28.4 Å². The summed E-state index contributed by atoms with van der Waals surface area (Å²) in [4.78, 5) is 29.4. The molecule has 0 bridgehead atoms. The molecule has 0 unspecified atom stereocenters. The number of nitrogens with one attached hydrogen (secondary N) is 2. The summed E-state index contributed by atoms with van der Waals surface area (Å²) in [6.07, 6.45) is 1.71. The van der Waals surface area contributed by atoms with Gasteiger partial charge in [0.25, 0.3) is 11.2 Å². The summed E-state index contributed by atoms with van der Waals surface area (Å²) in [6.45, 7) is 10.6. The smallest absolute Gasteiger partial charge is 0.280 e. The summed E-state index contributed by atoms with van der Waals surface area (Å²) in [7, 11) is 1.60. The van der Waals surface area contributed by atoms with Crippen molar-refractivity contribution in [2.75, 3.05) is 7.11 Å². The van der Waals surface area contributed by atoms with Crippen LogP contribution in [0, 0.1) is 10.1 Å². The van der Waals surface area contributed by atoms with Crippen LogP contribution in [-0.4, -0.2) is 44.6 Å². The van der Waals surface area contributed by atoms with Gasteiger partial charge in [-0.2, -0.15) is 0 Å². The number of rotatable bonds is 6. The van der Waals surface area contributed by atoms with E-state index in [1.54, 1.807) is 19.2 Å². The van der Waals surface area contributed by atoms with Gasteiger partial charge in [0.05, 0.1) is 35.0 Å². The van der Waals surface area contributed by atoms with Gasteiger partial charge in [0.1, 0.15) is 5.75 Å². The van der Waals surface area contributed by atoms with E-state index in [-0.39, 0.29) is 28.4 Å². The van der Waals surface area contributed by atoms with Gasteiger partial charge in [-0.15, -0.1) is 0 Å². The van der Waals surface area contributed by atoms with Crippen molar-refractivity contribution in [3.8, 4) is 22.7 Å². The minimum atomic E-state index is -0.464. The molecule has 1 aromatic heterocycles. The molecule has 9 nitrogen and oxygen atoms in total. The predicted molar refractivity (Wildman–Crippen MR) is 142 cm³/mol. The first kappa shape index (κ1) is 25.4. The van der Waals surface area contributed by atoms with Gasteiger partial charge in [0.2, 0.25) is 0 Å². The number of nitro groups is 1. The summed E-state index contributed by atoms with van der Waals surface area (Å²) < 4.78 is 6.70. The molecule has 2 heterocycles. The highest BCUT2D eigenvalue weighted by Gasteiger charge is 2.37. The van der Waals surface area contributed by atoms with Crippen LogP contribution >= 0.6 is 0 Å². The Morgan fingerprint density at radius 3 is 2.17 bits per heavy atom. The zero-order chi connectivity index (χ0) is 26.3. The van der Waals surface area contributed by atoms with Crippen molar-refractivity contribution in [2.45, 2.75) is 64.6 Å². The molecular formula is C27H33N5O4. The summed E-state index contributed by atoms with van der Waals surface area (Å²) in [6, 6.07) is 13.4. The molecule has 2 aromatic carbocycles. The Balaban J connectivity index is 1.83. The van der Waals surface area contributed by atoms with Crippen LogP contribution in [0.15, 0.2) is 58.3 Å². The molecule has 1 fully saturated rings. The summed E-state index contributed by atoms with van der Waals surface area (Å²) in [5.41, 5.74) is 2.63. The second-order valence-corrected chi connectivity index (χ2v) is 10.7. The molecule has 36 heavy (non-hydrogen) atoms. The molecule has 190 valence electrons. The van der Waals surface area contributed by atoms with E-state index in [0.717, 1.165) is 18.4 Å². The highest BCUT2D eigenvalue weighted by Crippen LogP contribution is 2.31. The number of H-pyrrole nitrogens is 1. The van der Waals surface area contributed by atoms with E-state index in [1.807, 2.05) is 31.2 Å². The Hall–Kier alpha value is -3.72. The molecule has 0 spiro atoms. The molecule has 0 radical (unpaired) electrons. The van der Waals surface area contributed by atoms with Crippen molar-refractivity contribution in [1.29, 1.82) is 0 Å². The summed E-state index contributed by atoms with van der Waals surface area (Å²) in [5, 5.41) is 18.0. The Bertz CT molecular complexity index is 1330. The SMILES string of the molecule is COc1ccc(-c2[nH]n(-c3ccc([N+](=O)[O-])cc3)c(=O)c2C(C)=NC2CC(C)(C)NC(C)(C)C2)cc1. The average Bonchev–Trinajstić information content (AvgIpc) is 3.14. The molecule has 0 saturated carbocycles. The van der Waals surface area contributed by atoms with E-state index < -0.39 is 4.92 Å². The number of aromatic nitrogens is 2. The second kappa shape index (κ2) is 9.39. The summed E-state index contributed by atoms with van der Waals surface area (Å²) in [5.74, 6) is 0.710. The predicted octanol–water partition coefficient (Wildman–Crippen LogP) is 4.87. The molecule has 9 heteroatoms. The molecule has 0 amide bonds. The van der Waals surface area contributed by atoms with Crippen LogP contribution in [0.25, 0.3) is 16.9 Å². The monoisotopic (exact) mass is 491 g/mol. The number of methoxy groups -OCH3 is 1. The quantitative estimate of drug-likeness (QED) is 0.290. The van der Waals surface area contributed by atoms with Gasteiger partial charge in [-0.3, -0.25) is 25.0 Å². The number of aromatic amines is 1. The topological polar surface area (TPSA) is 115 Å². The van der Waals surface area contributed by atoms with Gasteiger partial charge in [0, 0.05) is 34.5 Å². The van der Waals surface area contributed by atoms with Gasteiger partial charge in [0.15, 0.2) is 0 Å². The Kier molecular flexibility index (Phi) is 6.62. The average molecular weight is 492 g/mol. The lowest BCUT2D eigenvalue weighted by molar-refractivity contribution is -0.384. The molecule has 2 N–H and O–H groups in total. The highest BCUT2D eigenvalue weighted by atomic mass is 16.6. The fraction of sp³-hybridized carbons (Fsp3) is 0.407. The van der Waals surface area contributed by atoms with Gasteiger partial charge < -0.3 is 10.1 Å². The number of non-ortho nitro benzene ring substituents is 1. The van der Waals surface area contributed by atoms with Crippen LogP contribution in [0.1, 0.15) is 53.0 Å². The maximum atomic E-state index is 13.7. The number of benzene rings is 2. The number of hydrogen-bond donors (Lipinski definition) is 2. The van der Waals surface area contributed by atoms with Gasteiger partial charge >= 0.3 is 0 Å². The lowest BCUT2D eigenvalue weighted by Crippen LogP contribution is -2.58. The normalized spacial score (nSPS) is 17.7. The Morgan fingerprint density at radius 2 is 1.64 bits per heavy atom. The molecule has 3 aromatic rings. The lowest BCUT2D eigenvalue weighted by Gasteiger charge is -2.45. The van der Waals surface area contributed by atoms with Gasteiger partial charge in [-0.25, -0.2) is 4.68 Å². The van der Waals surface area contributed by atoms with Gasteiger partial charge in [-0.1, -0.05) is 0 Å². The third-order valence-corrected chi connectivity index (χ3v) is 6.49. The van der Waals surface area contributed by atoms with Crippen molar-refractivity contribution in [3.05, 3.63) is 74.6 Å². The fourth-order valence-corrected chi connectivity index (χ4v) is 5.34. The highest BCUT2D eigenvalue weighted by molar-refractivity contribution is 6.03. The van der Waals surface area contributed by atoms with E-state index in [4.69, 9.17) is 9.73 Å². The minimum absolute atomic E-state index is 0.0390. The third-order valence-electron chi connectivity index (χ3n) is 6.49. The fourth-order valence-electron chi connectivity index (χ4n) is 5.34. The second-order valence-electron chi connectivity index (χ2n) is 10.7. The lowest BCUT2D eigenvalue weighted by atomic mass is 9.80. The van der Waals surface area contributed by atoms with Crippen molar-refractivity contribution < 1.29 is 9.66 Å². The standard InChI is InChI=1S/C27H33N5O4/c1-17(28-19-15-26(2,3)30-27(4,5)16-19)23-24(18-7-13-22(36-6)14-8-18)29-31(25(23)33)20-9-11-21(12-10-20)32(34)35/h7-14,19,29-30H,15-16H2,1-6H3. The van der Waals surface area contributed by atoms with E-state index in [9.17, 15) is 14.9 Å². The number of piperidine rings is 1. The van der Waals surface area contributed by atoms with Crippen molar-refractivity contribution in [2.24, 2.45) is 4.99 Å². The molecule has 0 aliphatic carbocycles. The molecule has 1 saturated heterocycles. The maximum Gasteiger partial charge on any atom is 0.280 e. The Labute approximate surface area is 210 Å². The molecule has 0 atom stereocenters. The number of ether oxygens (including phenoxy) is 1. The third kappa shape index (κ3) is 5.26. The first-order valence-electron chi connectivity index (χ1n) is 12.0. The number of nitro benzene ring substituents is 1. The van der Waals surface area contributed by atoms with Crippen LogP contribution in [-0.2, 0) is 0 Å². The first-order chi connectivity index (χ1) is 16.9.